The van der Waals surface area contributed by atoms with Crippen molar-refractivity contribution >= 4 is 14.0 Å². The molecule has 2 aromatic carbocycles. The lowest BCUT2D eigenvalue weighted by atomic mass is 9.78. The van der Waals surface area contributed by atoms with Gasteiger partial charge in [0.1, 0.15) is 23.2 Å². The third-order valence-electron chi connectivity index (χ3n) is 5.91. The second-order valence-electron chi connectivity index (χ2n) is 12.6. The first-order valence-electron chi connectivity index (χ1n) is 12.6. The number of carboxylic acid groups (broad SMARTS) is 1. The Hall–Kier alpha value is -2.79. The van der Waals surface area contributed by atoms with Gasteiger partial charge in [-0.3, -0.25) is 0 Å². The van der Waals surface area contributed by atoms with Crippen molar-refractivity contribution in [2.24, 2.45) is 0 Å². The molecule has 0 bridgehead atoms. The number of hydrogen-bond acceptors (Lipinski definition) is 5. The van der Waals surface area contributed by atoms with Crippen LogP contribution in [0.4, 0.5) is 0 Å². The monoisotopic (exact) mass is 526 g/mol. The number of hydrogen-bond donors (Lipinski definition) is 3. The van der Waals surface area contributed by atoms with E-state index in [-0.39, 0.29) is 28.9 Å². The molecule has 0 radical (unpaired) electrons. The molecule has 0 spiro atoms. The summed E-state index contributed by atoms with van der Waals surface area (Å²) in [4.78, 5) is 11.1. The number of aliphatic hydroxyl groups excluding tert-OH is 1. The fraction of sp³-hybridized carbons (Fsp3) is 0.500. The minimum absolute atomic E-state index is 0.161. The molecule has 1 unspecified atom stereocenters. The number of aromatic hydroxyl groups is 1. The Morgan fingerprint density at radius 3 is 2.03 bits per heavy atom. The van der Waals surface area contributed by atoms with Gasteiger partial charge in [0.05, 0.1) is 0 Å². The van der Waals surface area contributed by atoms with Crippen molar-refractivity contribution in [3.8, 4) is 23.3 Å². The van der Waals surface area contributed by atoms with Gasteiger partial charge in [-0.2, -0.15) is 0 Å². The zero-order chi connectivity index (χ0) is 28.2. The van der Waals surface area contributed by atoms with Gasteiger partial charge in [-0.05, 0) is 52.8 Å². The van der Waals surface area contributed by atoms with Crippen molar-refractivity contribution in [3.05, 3.63) is 58.1 Å². The highest BCUT2D eigenvalue weighted by molar-refractivity contribution is 6.76. The maximum Gasteiger partial charge on any atom is 0.339 e. The van der Waals surface area contributed by atoms with Crippen LogP contribution in [0.5, 0.6) is 11.5 Å². The number of aromatic carboxylic acids is 1. The molecule has 0 aliphatic heterocycles. The van der Waals surface area contributed by atoms with Crippen molar-refractivity contribution in [1.29, 1.82) is 0 Å². The van der Waals surface area contributed by atoms with Gasteiger partial charge < -0.3 is 24.8 Å². The summed E-state index contributed by atoms with van der Waals surface area (Å²) in [5, 5.41) is 30.0. The maximum atomic E-state index is 11.1. The molecule has 1 atom stereocenters. The lowest BCUT2D eigenvalue weighted by Gasteiger charge is -2.31. The molecule has 7 heteroatoms. The van der Waals surface area contributed by atoms with E-state index in [0.717, 1.165) is 22.9 Å². The van der Waals surface area contributed by atoms with Crippen molar-refractivity contribution in [2.45, 2.75) is 84.2 Å². The van der Waals surface area contributed by atoms with Crippen molar-refractivity contribution < 1.29 is 29.6 Å². The molecule has 2 rings (SSSR count). The number of phenols is 1. The van der Waals surface area contributed by atoms with Gasteiger partial charge in [-0.1, -0.05) is 73.0 Å². The predicted molar refractivity (Wildman–Crippen MR) is 150 cm³/mol. The predicted octanol–water partition coefficient (Wildman–Crippen LogP) is 6.46. The quantitative estimate of drug-likeness (QED) is 0.158. The fourth-order valence-corrected chi connectivity index (χ4v) is 4.40. The Kier molecular flexibility index (Phi) is 9.64. The van der Waals surface area contributed by atoms with E-state index in [2.05, 4.69) is 73.0 Å². The van der Waals surface area contributed by atoms with Crippen LogP contribution in [0.1, 0.15) is 80.3 Å². The van der Waals surface area contributed by atoms with Gasteiger partial charge in [0.15, 0.2) is 6.79 Å². The highest BCUT2D eigenvalue weighted by atomic mass is 28.3. The first kappa shape index (κ1) is 30.4. The minimum atomic E-state index is -1.22. The van der Waals surface area contributed by atoms with Gasteiger partial charge in [-0.15, -0.1) is 0 Å². The van der Waals surface area contributed by atoms with E-state index < -0.39 is 20.1 Å². The maximum absolute atomic E-state index is 11.1. The second kappa shape index (κ2) is 11.7. The third kappa shape index (κ3) is 8.92. The Bertz CT molecular complexity index is 1130. The summed E-state index contributed by atoms with van der Waals surface area (Å²) < 4.78 is 12.1. The second-order valence-corrected chi connectivity index (χ2v) is 18.3. The first-order chi connectivity index (χ1) is 16.9. The average Bonchev–Trinajstić information content (AvgIpc) is 2.74. The fourth-order valence-electron chi connectivity index (χ4n) is 3.64. The van der Waals surface area contributed by atoms with Crippen LogP contribution < -0.4 is 4.74 Å². The molecule has 0 saturated heterocycles. The highest BCUT2D eigenvalue weighted by Crippen LogP contribution is 2.41. The largest absolute Gasteiger partial charge is 0.507 e. The first-order valence-corrected chi connectivity index (χ1v) is 16.3. The summed E-state index contributed by atoms with van der Waals surface area (Å²) in [5.74, 6) is 4.85. The van der Waals surface area contributed by atoms with Crippen molar-refractivity contribution in [3.63, 3.8) is 0 Å². The molecular weight excluding hydrogens is 484 g/mol. The molecule has 202 valence electrons. The SMILES string of the molecule is CC(C)(C)c1cc(C(O)C#Cc2ccc(C(=O)O)c(O)c2)cc(C(C)(C)C)c1OCOCC[Si](C)(C)C. The van der Waals surface area contributed by atoms with E-state index in [0.29, 0.717) is 17.7 Å². The minimum Gasteiger partial charge on any atom is -0.507 e. The summed E-state index contributed by atoms with van der Waals surface area (Å²) >= 11 is 0. The summed E-state index contributed by atoms with van der Waals surface area (Å²) in [6.07, 6.45) is -1.09. The Morgan fingerprint density at radius 1 is 1.00 bits per heavy atom. The number of carbonyl (C=O) groups is 1. The molecule has 0 saturated carbocycles. The average molecular weight is 527 g/mol. The topological polar surface area (TPSA) is 96.2 Å². The van der Waals surface area contributed by atoms with E-state index in [1.807, 2.05) is 12.1 Å². The summed E-state index contributed by atoms with van der Waals surface area (Å²) in [5.41, 5.74) is 2.21. The lowest BCUT2D eigenvalue weighted by Crippen LogP contribution is -2.23. The molecule has 6 nitrogen and oxygen atoms in total. The Morgan fingerprint density at radius 2 is 1.57 bits per heavy atom. The number of aliphatic hydroxyl groups is 1. The van der Waals surface area contributed by atoms with Crippen LogP contribution in [-0.2, 0) is 15.6 Å². The molecule has 37 heavy (non-hydrogen) atoms. The number of benzene rings is 2. The summed E-state index contributed by atoms with van der Waals surface area (Å²) in [6, 6.07) is 9.00. The molecule has 0 heterocycles. The van der Waals surface area contributed by atoms with E-state index in [1.54, 1.807) is 0 Å². The van der Waals surface area contributed by atoms with E-state index in [9.17, 15) is 15.0 Å². The zero-order valence-electron chi connectivity index (χ0n) is 23.7. The molecule has 3 N–H and O–H groups in total. The standard InChI is InChI=1S/C30H42O6Si/c1-29(2,3)23-17-21(25(31)13-11-20-10-12-22(28(33)34)26(32)16-20)18-24(30(4,5)6)27(23)36-19-35-14-15-37(7,8)9/h10,12,16-18,25,31-32H,14-15,19H2,1-9H3,(H,33,34). The Labute approximate surface area is 222 Å². The van der Waals surface area contributed by atoms with E-state index in [4.69, 9.17) is 14.6 Å². The van der Waals surface area contributed by atoms with Crippen molar-refractivity contribution in [2.75, 3.05) is 13.4 Å². The van der Waals surface area contributed by atoms with Crippen LogP contribution in [-0.4, -0.2) is 42.8 Å². The van der Waals surface area contributed by atoms with Crippen LogP contribution in [0.3, 0.4) is 0 Å². The summed E-state index contributed by atoms with van der Waals surface area (Å²) in [7, 11) is -1.19. The molecule has 0 fully saturated rings. The smallest absolute Gasteiger partial charge is 0.339 e. The van der Waals surface area contributed by atoms with E-state index in [1.165, 1.54) is 18.2 Å². The molecule has 0 amide bonds. The van der Waals surface area contributed by atoms with E-state index >= 15 is 0 Å². The number of rotatable bonds is 8. The lowest BCUT2D eigenvalue weighted by molar-refractivity contribution is 0.0199. The Balaban J connectivity index is 2.43. The van der Waals surface area contributed by atoms with Crippen LogP contribution in [0, 0.1) is 11.8 Å². The van der Waals surface area contributed by atoms with Crippen LogP contribution >= 0.6 is 0 Å². The molecule has 0 aromatic heterocycles. The zero-order valence-corrected chi connectivity index (χ0v) is 24.7. The van der Waals surface area contributed by atoms with Gasteiger partial charge in [0.25, 0.3) is 0 Å². The molecule has 0 aliphatic rings. The van der Waals surface area contributed by atoms with Crippen LogP contribution in [0.25, 0.3) is 0 Å². The van der Waals surface area contributed by atoms with Crippen molar-refractivity contribution in [1.82, 2.24) is 0 Å². The molecular formula is C30H42O6Si. The summed E-state index contributed by atoms with van der Waals surface area (Å²) in [6.45, 7) is 20.4. The van der Waals surface area contributed by atoms with Crippen LogP contribution in [0.2, 0.25) is 25.7 Å². The normalized spacial score (nSPS) is 13.0. The third-order valence-corrected chi connectivity index (χ3v) is 7.61. The van der Waals surface area contributed by atoms with Gasteiger partial charge in [0, 0.05) is 31.4 Å². The van der Waals surface area contributed by atoms with Gasteiger partial charge in [-0.25, -0.2) is 4.79 Å². The molecule has 0 aliphatic carbocycles. The van der Waals surface area contributed by atoms with Gasteiger partial charge in [0.2, 0.25) is 0 Å². The molecule has 2 aromatic rings. The van der Waals surface area contributed by atoms with Gasteiger partial charge >= 0.3 is 5.97 Å². The number of ether oxygens (including phenoxy) is 2. The number of carboxylic acids is 1. The highest BCUT2D eigenvalue weighted by Gasteiger charge is 2.29. The van der Waals surface area contributed by atoms with Crippen LogP contribution in [0.15, 0.2) is 30.3 Å².